The Morgan fingerprint density at radius 3 is 2.00 bits per heavy atom. The first-order valence-corrected chi connectivity index (χ1v) is 17.8. The molecule has 0 spiro atoms. The predicted octanol–water partition coefficient (Wildman–Crippen LogP) is 7.79. The van der Waals surface area contributed by atoms with E-state index in [1.807, 2.05) is 103 Å². The number of thiazole rings is 1. The first kappa shape index (κ1) is 33.7. The van der Waals surface area contributed by atoms with Crippen LogP contribution in [-0.4, -0.2) is 43.0 Å². The molecule has 262 valence electrons. The van der Waals surface area contributed by atoms with Crippen LogP contribution in [0.2, 0.25) is 0 Å². The van der Waals surface area contributed by atoms with Crippen LogP contribution < -0.4 is 10.5 Å². The minimum Gasteiger partial charge on any atom is -0.469 e. The van der Waals surface area contributed by atoms with Gasteiger partial charge in [0.1, 0.15) is 27.6 Å². The molecule has 8 rings (SSSR count). The Morgan fingerprint density at radius 2 is 1.34 bits per heavy atom. The highest BCUT2D eigenvalue weighted by molar-refractivity contribution is 7.18. The van der Waals surface area contributed by atoms with Gasteiger partial charge in [0.2, 0.25) is 5.78 Å². The van der Waals surface area contributed by atoms with Crippen LogP contribution in [0.5, 0.6) is 0 Å². The maximum atomic E-state index is 14.7. The van der Waals surface area contributed by atoms with Crippen molar-refractivity contribution in [2.45, 2.75) is 18.0 Å². The number of hydrogen-bond donors (Lipinski definition) is 0. The Kier molecular flexibility index (Phi) is 8.68. The fourth-order valence-electron chi connectivity index (χ4n) is 7.62. The van der Waals surface area contributed by atoms with Crippen molar-refractivity contribution in [1.29, 1.82) is 0 Å². The Morgan fingerprint density at radius 1 is 0.736 bits per heavy atom. The van der Waals surface area contributed by atoms with Crippen molar-refractivity contribution in [1.82, 2.24) is 4.98 Å². The van der Waals surface area contributed by atoms with Crippen molar-refractivity contribution in [3.05, 3.63) is 165 Å². The zero-order valence-corrected chi connectivity index (χ0v) is 29.5. The van der Waals surface area contributed by atoms with E-state index in [1.54, 1.807) is 29.2 Å². The summed E-state index contributed by atoms with van der Waals surface area (Å²) in [5.41, 5.74) is 0.437. The minimum atomic E-state index is -1.34. The lowest BCUT2D eigenvalue weighted by Gasteiger charge is -2.43. The average molecular weight is 721 g/mol. The van der Waals surface area contributed by atoms with Crippen LogP contribution in [0.25, 0.3) is 33.0 Å². The highest BCUT2D eigenvalue weighted by Crippen LogP contribution is 2.55. The Bertz CT molecular complexity index is 2540. The van der Waals surface area contributed by atoms with E-state index in [0.717, 1.165) is 22.1 Å². The number of esters is 2. The molecule has 1 saturated heterocycles. The molecule has 9 nitrogen and oxygen atoms in total. The molecule has 1 aliphatic heterocycles. The summed E-state index contributed by atoms with van der Waals surface area (Å²) in [7, 11) is 2.63. The molecule has 0 unspecified atom stereocenters. The molecule has 0 radical (unpaired) electrons. The second-order valence-electron chi connectivity index (χ2n) is 12.8. The molecule has 3 heterocycles. The summed E-state index contributed by atoms with van der Waals surface area (Å²) in [5, 5.41) is 2.78. The van der Waals surface area contributed by atoms with Gasteiger partial charge >= 0.3 is 17.6 Å². The largest absolute Gasteiger partial charge is 0.469 e. The van der Waals surface area contributed by atoms with Gasteiger partial charge in [-0.1, -0.05) is 127 Å². The SMILES string of the molecule is COC(=O)[C@H]1C[C@@H](C(=O)OC)C(c2ccccc2)(c2ccccc2)N1c1nc(-c2ccc3ccccc3c2)c(C(=O)c2cc3ccccc3oc2=O)s1. The summed E-state index contributed by atoms with van der Waals surface area (Å²) in [6, 6.07) is 39.9. The molecule has 53 heavy (non-hydrogen) atoms. The summed E-state index contributed by atoms with van der Waals surface area (Å²) in [6.07, 6.45) is 0.0333. The van der Waals surface area contributed by atoms with Gasteiger partial charge in [0.15, 0.2) is 5.13 Å². The number of methoxy groups -OCH3 is 2. The van der Waals surface area contributed by atoms with Crippen LogP contribution in [0.15, 0.2) is 143 Å². The smallest absolute Gasteiger partial charge is 0.347 e. The van der Waals surface area contributed by atoms with Gasteiger partial charge in [-0.2, -0.15) is 0 Å². The molecule has 0 saturated carbocycles. The highest BCUT2D eigenvalue weighted by Gasteiger charge is 2.62. The molecule has 10 heteroatoms. The molecular formula is C43H32N2O7S. The standard InChI is InChI=1S/C43H32N2O7S/c1-50-40(48)33-25-34(41(49)51-2)45(43(33,30-16-5-3-6-17-30)31-18-7-4-8-19-31)42-44-36(29-22-21-26-13-9-10-14-27(26)23-29)38(53-42)37(46)32-24-28-15-11-12-20-35(28)52-39(32)47/h3-24,33-34H,25H2,1-2H3/t33-,34+/m0/s1. The van der Waals surface area contributed by atoms with Crippen LogP contribution in [0.3, 0.4) is 0 Å². The fourth-order valence-corrected chi connectivity index (χ4v) is 8.77. The van der Waals surface area contributed by atoms with E-state index in [-0.39, 0.29) is 22.0 Å². The summed E-state index contributed by atoms with van der Waals surface area (Å²) in [5.74, 6) is -2.59. The first-order chi connectivity index (χ1) is 25.8. The van der Waals surface area contributed by atoms with E-state index in [9.17, 15) is 19.2 Å². The van der Waals surface area contributed by atoms with Crippen molar-refractivity contribution >= 4 is 55.9 Å². The monoisotopic (exact) mass is 720 g/mol. The van der Waals surface area contributed by atoms with Gasteiger partial charge < -0.3 is 18.8 Å². The molecule has 0 aliphatic carbocycles. The molecular weight excluding hydrogens is 689 g/mol. The van der Waals surface area contributed by atoms with E-state index in [2.05, 4.69) is 0 Å². The van der Waals surface area contributed by atoms with E-state index >= 15 is 0 Å². The van der Waals surface area contributed by atoms with Crippen molar-refractivity contribution < 1.29 is 28.3 Å². The van der Waals surface area contributed by atoms with Gasteiger partial charge in [0, 0.05) is 10.9 Å². The van der Waals surface area contributed by atoms with E-state index in [1.165, 1.54) is 20.3 Å². The number of hydrogen-bond acceptors (Lipinski definition) is 10. The summed E-state index contributed by atoms with van der Waals surface area (Å²) < 4.78 is 16.4. The number of ether oxygens (including phenoxy) is 2. The Labute approximate surface area is 308 Å². The number of para-hydroxylation sites is 1. The van der Waals surface area contributed by atoms with Gasteiger partial charge in [0.05, 0.1) is 25.8 Å². The molecule has 0 N–H and O–H groups in total. The second-order valence-corrected chi connectivity index (χ2v) is 13.7. The number of carbonyl (C=O) groups excluding carboxylic acids is 3. The van der Waals surface area contributed by atoms with Gasteiger partial charge in [-0.15, -0.1) is 0 Å². The van der Waals surface area contributed by atoms with Crippen molar-refractivity contribution in [3.63, 3.8) is 0 Å². The third-order valence-electron chi connectivity index (χ3n) is 9.98. The first-order valence-electron chi connectivity index (χ1n) is 17.0. The van der Waals surface area contributed by atoms with Crippen molar-refractivity contribution in [2.75, 3.05) is 19.1 Å². The highest BCUT2D eigenvalue weighted by atomic mass is 32.1. The zero-order chi connectivity index (χ0) is 36.7. The summed E-state index contributed by atoms with van der Waals surface area (Å²) >= 11 is 1.04. The lowest BCUT2D eigenvalue weighted by atomic mass is 9.73. The van der Waals surface area contributed by atoms with Crippen molar-refractivity contribution in [2.24, 2.45) is 5.92 Å². The molecule has 1 fully saturated rings. The van der Waals surface area contributed by atoms with Gasteiger partial charge in [-0.25, -0.2) is 14.6 Å². The molecule has 5 aromatic carbocycles. The quantitative estimate of drug-likeness (QED) is 0.0882. The number of fused-ring (bicyclic) bond motifs is 2. The summed E-state index contributed by atoms with van der Waals surface area (Å²) in [4.78, 5) is 63.1. The number of carbonyl (C=O) groups is 3. The van der Waals surface area contributed by atoms with Crippen molar-refractivity contribution in [3.8, 4) is 11.3 Å². The maximum absolute atomic E-state index is 14.7. The number of ketones is 1. The van der Waals surface area contributed by atoms with Crippen LogP contribution in [-0.2, 0) is 24.6 Å². The zero-order valence-electron chi connectivity index (χ0n) is 28.7. The Balaban J connectivity index is 1.43. The van der Waals surface area contributed by atoms with E-state index in [4.69, 9.17) is 18.9 Å². The third-order valence-corrected chi connectivity index (χ3v) is 11.0. The number of rotatable bonds is 8. The topological polar surface area (TPSA) is 116 Å². The minimum absolute atomic E-state index is 0.0333. The number of anilines is 1. The predicted molar refractivity (Wildman–Crippen MR) is 203 cm³/mol. The Hall–Kier alpha value is -6.39. The van der Waals surface area contributed by atoms with E-state index in [0.29, 0.717) is 33.4 Å². The van der Waals surface area contributed by atoms with Crippen LogP contribution in [0, 0.1) is 5.92 Å². The molecule has 1 aliphatic rings. The van der Waals surface area contributed by atoms with Gasteiger partial charge in [0.25, 0.3) is 0 Å². The number of nitrogens with zero attached hydrogens (tertiary/aromatic N) is 2. The van der Waals surface area contributed by atoms with E-state index < -0.39 is 40.8 Å². The normalized spacial score (nSPS) is 16.5. The molecule has 0 bridgehead atoms. The van der Waals surface area contributed by atoms with Crippen LogP contribution in [0.1, 0.15) is 32.8 Å². The molecule has 2 atom stereocenters. The maximum Gasteiger partial charge on any atom is 0.347 e. The second kappa shape index (κ2) is 13.6. The van der Waals surface area contributed by atoms with Crippen LogP contribution >= 0.6 is 11.3 Å². The number of aromatic nitrogens is 1. The lowest BCUT2D eigenvalue weighted by molar-refractivity contribution is -0.147. The molecule has 2 aromatic heterocycles. The van der Waals surface area contributed by atoms with Gasteiger partial charge in [-0.05, 0) is 46.5 Å². The fraction of sp³-hybridized carbons (Fsp3) is 0.140. The van der Waals surface area contributed by atoms with Gasteiger partial charge in [-0.3, -0.25) is 9.59 Å². The van der Waals surface area contributed by atoms with Crippen LogP contribution in [0.4, 0.5) is 5.13 Å². The molecule has 0 amide bonds. The number of benzene rings is 5. The summed E-state index contributed by atoms with van der Waals surface area (Å²) in [6.45, 7) is 0. The third kappa shape index (κ3) is 5.59. The molecule has 7 aromatic rings. The average Bonchev–Trinajstić information content (AvgIpc) is 3.81. The lowest BCUT2D eigenvalue weighted by Crippen LogP contribution is -2.52.